The van der Waals surface area contributed by atoms with Gasteiger partial charge in [-0.15, -0.1) is 23.2 Å². The SMILES string of the molecule is CN1C(=O)[C@]2(Cl)C[C@@H]3C(=CCn4c(=O)n(C)c(=O)n43)[C@H](c3c(O)ccc4ccccc34)[C@]2(Cl)C1=O. The van der Waals surface area contributed by atoms with Crippen LogP contribution in [0.3, 0.4) is 0 Å². The highest BCUT2D eigenvalue weighted by molar-refractivity contribution is 6.53. The number of phenols is 1. The van der Waals surface area contributed by atoms with Crippen molar-refractivity contribution in [1.82, 2.24) is 18.8 Å². The number of nitrogens with zero attached hydrogens (tertiary/aromatic N) is 4. The number of aromatic nitrogens is 3. The van der Waals surface area contributed by atoms with Gasteiger partial charge in [-0.05, 0) is 22.4 Å². The van der Waals surface area contributed by atoms with Crippen molar-refractivity contribution in [3.05, 3.63) is 74.6 Å². The number of hydrogen-bond donors (Lipinski definition) is 1. The topological polar surface area (TPSA) is 107 Å². The Hall–Kier alpha value is -3.30. The van der Waals surface area contributed by atoms with E-state index >= 15 is 0 Å². The molecule has 11 heteroatoms. The summed E-state index contributed by atoms with van der Waals surface area (Å²) in [5, 5.41) is 12.5. The molecule has 9 nitrogen and oxygen atoms in total. The number of amides is 2. The van der Waals surface area contributed by atoms with E-state index in [1.807, 2.05) is 12.1 Å². The summed E-state index contributed by atoms with van der Waals surface area (Å²) in [6.45, 7) is 0.0585. The van der Waals surface area contributed by atoms with Crippen molar-refractivity contribution in [1.29, 1.82) is 0 Å². The molecule has 4 atom stereocenters. The number of imide groups is 1. The number of benzene rings is 2. The van der Waals surface area contributed by atoms with E-state index in [0.717, 1.165) is 14.9 Å². The number of alkyl halides is 2. The highest BCUT2D eigenvalue weighted by Crippen LogP contribution is 2.64. The fraction of sp³-hybridized carbons (Fsp3) is 0.333. The fourth-order valence-corrected chi connectivity index (χ4v) is 7.00. The Balaban J connectivity index is 1.73. The number of hydrogen-bond acceptors (Lipinski definition) is 5. The molecule has 1 saturated carbocycles. The van der Waals surface area contributed by atoms with Gasteiger partial charge in [0.15, 0.2) is 9.75 Å². The average molecular weight is 515 g/mol. The third kappa shape index (κ3) is 2.44. The quantitative estimate of drug-likeness (QED) is 0.303. The Kier molecular flexibility index (Phi) is 4.37. The van der Waals surface area contributed by atoms with Gasteiger partial charge in [0, 0.05) is 32.0 Å². The van der Waals surface area contributed by atoms with Gasteiger partial charge in [0.25, 0.3) is 11.8 Å². The van der Waals surface area contributed by atoms with Crippen molar-refractivity contribution < 1.29 is 14.7 Å². The second-order valence-electron chi connectivity index (χ2n) is 9.31. The van der Waals surface area contributed by atoms with Gasteiger partial charge in [0.1, 0.15) is 5.75 Å². The molecule has 2 aliphatic heterocycles. The Labute approximate surface area is 208 Å². The van der Waals surface area contributed by atoms with Crippen LogP contribution in [-0.4, -0.2) is 52.5 Å². The van der Waals surface area contributed by atoms with Crippen molar-refractivity contribution in [2.45, 2.75) is 34.7 Å². The normalized spacial score (nSPS) is 29.7. The largest absolute Gasteiger partial charge is 0.508 e. The van der Waals surface area contributed by atoms with E-state index in [1.54, 1.807) is 24.3 Å². The Morgan fingerprint density at radius 2 is 1.69 bits per heavy atom. The molecule has 2 fully saturated rings. The zero-order valence-corrected chi connectivity index (χ0v) is 20.2. The molecule has 1 N–H and O–H groups in total. The maximum absolute atomic E-state index is 13.6. The lowest BCUT2D eigenvalue weighted by molar-refractivity contribution is -0.137. The predicted octanol–water partition coefficient (Wildman–Crippen LogP) is 1.83. The van der Waals surface area contributed by atoms with Gasteiger partial charge in [-0.3, -0.25) is 14.5 Å². The molecule has 180 valence electrons. The van der Waals surface area contributed by atoms with Crippen LogP contribution in [0.25, 0.3) is 10.8 Å². The number of allylic oxidation sites excluding steroid dienone is 2. The second kappa shape index (κ2) is 6.89. The van der Waals surface area contributed by atoms with Crippen LogP contribution in [0.5, 0.6) is 5.75 Å². The minimum atomic E-state index is -1.97. The number of aromatic hydroxyl groups is 1. The van der Waals surface area contributed by atoms with E-state index < -0.39 is 44.9 Å². The van der Waals surface area contributed by atoms with Crippen LogP contribution >= 0.6 is 23.2 Å². The predicted molar refractivity (Wildman–Crippen MR) is 129 cm³/mol. The number of carbonyl (C=O) groups excluding carboxylic acids is 2. The van der Waals surface area contributed by atoms with E-state index in [1.165, 1.54) is 29.5 Å². The number of likely N-dealkylation sites (tertiary alicyclic amines) is 1. The van der Waals surface area contributed by atoms with Gasteiger partial charge >= 0.3 is 11.4 Å². The van der Waals surface area contributed by atoms with Gasteiger partial charge in [0.05, 0.1) is 12.6 Å². The minimum absolute atomic E-state index is 0.0585. The van der Waals surface area contributed by atoms with Crippen molar-refractivity contribution >= 4 is 45.8 Å². The smallest absolute Gasteiger partial charge is 0.347 e. The number of fused-ring (bicyclic) bond motifs is 5. The van der Waals surface area contributed by atoms with Crippen molar-refractivity contribution in [2.24, 2.45) is 7.05 Å². The summed E-state index contributed by atoms with van der Waals surface area (Å²) < 4.78 is 3.55. The maximum atomic E-state index is 13.6. The Morgan fingerprint density at radius 3 is 2.43 bits per heavy atom. The first-order chi connectivity index (χ1) is 16.5. The number of halogens is 2. The van der Waals surface area contributed by atoms with Crippen LogP contribution in [0, 0.1) is 0 Å². The molecule has 2 amide bonds. The molecule has 1 aliphatic carbocycles. The van der Waals surface area contributed by atoms with Gasteiger partial charge in [-0.1, -0.05) is 36.4 Å². The van der Waals surface area contributed by atoms with Gasteiger partial charge in [-0.2, -0.15) is 0 Å². The molecule has 0 unspecified atom stereocenters. The van der Waals surface area contributed by atoms with Crippen molar-refractivity contribution in [3.8, 4) is 5.75 Å². The van der Waals surface area contributed by atoms with Crippen LogP contribution in [-0.2, 0) is 23.2 Å². The molecule has 0 bridgehead atoms. The van der Waals surface area contributed by atoms with Crippen molar-refractivity contribution in [3.63, 3.8) is 0 Å². The average Bonchev–Trinajstić information content (AvgIpc) is 3.14. The summed E-state index contributed by atoms with van der Waals surface area (Å²) in [4.78, 5) is 49.8. The summed E-state index contributed by atoms with van der Waals surface area (Å²) in [6.07, 6.45) is 1.57. The van der Waals surface area contributed by atoms with E-state index in [0.29, 0.717) is 16.5 Å². The standard InChI is InChI=1S/C24H20Cl2N4O5/c1-27-19(32)23(25)11-15-14(9-10-29-21(34)28(2)22(35)30(15)29)18(24(23,26)20(27)33)17-13-6-4-3-5-12(13)7-8-16(17)31/h3-9,15,18,31H,10-11H2,1-2H3/t15-,18-,23-,24+/m1/s1. The third-order valence-electron chi connectivity index (χ3n) is 7.71. The number of phenolic OH excluding ortho intramolecular Hbond substituents is 1. The van der Waals surface area contributed by atoms with Crippen LogP contribution in [0.4, 0.5) is 0 Å². The van der Waals surface area contributed by atoms with Gasteiger partial charge in [-0.25, -0.2) is 23.5 Å². The summed E-state index contributed by atoms with van der Waals surface area (Å²) >= 11 is 14.2. The molecule has 1 saturated heterocycles. The first-order valence-electron chi connectivity index (χ1n) is 11.0. The first-order valence-corrected chi connectivity index (χ1v) is 11.8. The molecule has 3 aliphatic rings. The molecule has 6 rings (SSSR count). The minimum Gasteiger partial charge on any atom is -0.508 e. The van der Waals surface area contributed by atoms with Crippen LogP contribution < -0.4 is 11.4 Å². The van der Waals surface area contributed by atoms with Crippen LogP contribution in [0.15, 0.2) is 57.6 Å². The molecule has 0 spiro atoms. The Morgan fingerprint density at radius 1 is 0.971 bits per heavy atom. The first kappa shape index (κ1) is 22.2. The summed E-state index contributed by atoms with van der Waals surface area (Å²) in [5.74, 6) is -2.54. The highest BCUT2D eigenvalue weighted by Gasteiger charge is 2.75. The Bertz CT molecular complexity index is 1630. The zero-order chi connectivity index (χ0) is 25.0. The van der Waals surface area contributed by atoms with Crippen LogP contribution in [0.1, 0.15) is 23.9 Å². The molecule has 3 aromatic rings. The number of carbonyl (C=O) groups is 2. The second-order valence-corrected chi connectivity index (χ2v) is 10.6. The third-order valence-corrected chi connectivity index (χ3v) is 9.12. The highest BCUT2D eigenvalue weighted by atomic mass is 35.5. The molecule has 0 radical (unpaired) electrons. The zero-order valence-electron chi connectivity index (χ0n) is 18.7. The van der Waals surface area contributed by atoms with Crippen LogP contribution in [0.2, 0.25) is 0 Å². The monoisotopic (exact) mass is 514 g/mol. The van der Waals surface area contributed by atoms with Crippen molar-refractivity contribution in [2.75, 3.05) is 7.05 Å². The summed E-state index contributed by atoms with van der Waals surface area (Å²) in [5.41, 5.74) is -0.187. The van der Waals surface area contributed by atoms with E-state index in [4.69, 9.17) is 23.2 Å². The van der Waals surface area contributed by atoms with E-state index in [9.17, 15) is 24.3 Å². The van der Waals surface area contributed by atoms with E-state index in [-0.39, 0.29) is 18.7 Å². The maximum Gasteiger partial charge on any atom is 0.347 e. The molecule has 2 aromatic carbocycles. The lowest BCUT2D eigenvalue weighted by Crippen LogP contribution is -2.59. The lowest BCUT2D eigenvalue weighted by Gasteiger charge is -2.49. The molecule has 35 heavy (non-hydrogen) atoms. The molecule has 1 aromatic heterocycles. The number of rotatable bonds is 1. The molecular weight excluding hydrogens is 495 g/mol. The lowest BCUT2D eigenvalue weighted by atomic mass is 9.63. The fourth-order valence-electron chi connectivity index (χ4n) is 6.02. The van der Waals surface area contributed by atoms with E-state index in [2.05, 4.69) is 0 Å². The molecule has 3 heterocycles. The van der Waals surface area contributed by atoms with Gasteiger partial charge < -0.3 is 5.11 Å². The summed E-state index contributed by atoms with van der Waals surface area (Å²) in [7, 11) is 2.69. The summed E-state index contributed by atoms with van der Waals surface area (Å²) in [6, 6.07) is 9.71. The van der Waals surface area contributed by atoms with Gasteiger partial charge in [0.2, 0.25) is 0 Å². The molecular formula is C24H20Cl2N4O5.